The van der Waals surface area contributed by atoms with Crippen LogP contribution in [-0.2, 0) is 11.0 Å². The van der Waals surface area contributed by atoms with Crippen LogP contribution in [0.3, 0.4) is 0 Å². The van der Waals surface area contributed by atoms with E-state index < -0.39 is 11.7 Å². The molecule has 0 bridgehead atoms. The highest BCUT2D eigenvalue weighted by Crippen LogP contribution is 2.28. The molecule has 3 rings (SSSR count). The van der Waals surface area contributed by atoms with Crippen molar-refractivity contribution in [2.75, 3.05) is 5.32 Å². The minimum atomic E-state index is -4.21. The van der Waals surface area contributed by atoms with Gasteiger partial charge in [-0.15, -0.1) is 0 Å². The third kappa shape index (κ3) is 10.4. The minimum Gasteiger partial charge on any atom is -0.326 e. The van der Waals surface area contributed by atoms with E-state index in [1.54, 1.807) is 36.7 Å². The summed E-state index contributed by atoms with van der Waals surface area (Å²) in [6.45, 7) is 8.81. The molecule has 0 unspecified atom stereocenters. The van der Waals surface area contributed by atoms with Gasteiger partial charge < -0.3 is 5.32 Å². The molecule has 4 nitrogen and oxygen atoms in total. The molecule has 2 aromatic carbocycles. The van der Waals surface area contributed by atoms with E-state index in [2.05, 4.69) is 21.9 Å². The van der Waals surface area contributed by atoms with Gasteiger partial charge in [-0.2, -0.15) is 13.2 Å². The fourth-order valence-corrected chi connectivity index (χ4v) is 2.18. The summed E-state index contributed by atoms with van der Waals surface area (Å²) < 4.78 is 35.4. The number of aryl methyl sites for hydroxylation is 2. The molecule has 8 heteroatoms. The largest absolute Gasteiger partial charge is 0.416 e. The Balaban J connectivity index is 0.000000235. The number of carbonyl (C=O) groups excluding carboxylic acids is 1. The number of rotatable bonds is 2. The Hall–Kier alpha value is -3.19. The molecule has 1 N–H and O–H groups in total. The van der Waals surface area contributed by atoms with Crippen LogP contribution in [0.1, 0.15) is 29.4 Å². The summed E-state index contributed by atoms with van der Waals surface area (Å²) in [6, 6.07) is 11.7. The Labute approximate surface area is 184 Å². The number of hydrogen-bond acceptors (Lipinski definition) is 3. The average molecular weight is 450 g/mol. The van der Waals surface area contributed by atoms with Gasteiger partial charge in [-0.3, -0.25) is 4.79 Å². The molecule has 0 radical (unpaired) electrons. The second kappa shape index (κ2) is 12.5. The standard InChI is InChI=1S/C9H10ClNO.C7H5F3.C7H8N2/c1-6-5-8(11-7(2)12)3-4-9(6)10;8-7(9,10)6-4-2-1-3-5-6;1-3-7-4-8-6(2)9-5-7/h3-5H,1-2H3,(H,11,12);1-5H;3-5H,1H2,2H3. The van der Waals surface area contributed by atoms with Gasteiger partial charge in [0.1, 0.15) is 5.82 Å². The Morgan fingerprint density at radius 3 is 2.06 bits per heavy atom. The topological polar surface area (TPSA) is 54.9 Å². The van der Waals surface area contributed by atoms with E-state index in [0.29, 0.717) is 5.02 Å². The van der Waals surface area contributed by atoms with Gasteiger partial charge in [0, 0.05) is 35.6 Å². The van der Waals surface area contributed by atoms with Gasteiger partial charge in [-0.25, -0.2) is 9.97 Å². The molecule has 1 heterocycles. The lowest BCUT2D eigenvalue weighted by atomic mass is 10.2. The van der Waals surface area contributed by atoms with E-state index >= 15 is 0 Å². The zero-order valence-electron chi connectivity index (χ0n) is 17.4. The third-order valence-electron chi connectivity index (χ3n) is 3.62. The van der Waals surface area contributed by atoms with Crippen LogP contribution in [0.2, 0.25) is 5.02 Å². The molecule has 3 aromatic rings. The van der Waals surface area contributed by atoms with Crippen LogP contribution in [0.4, 0.5) is 18.9 Å². The van der Waals surface area contributed by atoms with Crippen molar-refractivity contribution >= 4 is 29.3 Å². The first-order chi connectivity index (χ1) is 14.5. The van der Waals surface area contributed by atoms with Crippen molar-refractivity contribution in [1.29, 1.82) is 0 Å². The maximum absolute atomic E-state index is 11.8. The van der Waals surface area contributed by atoms with Crippen molar-refractivity contribution < 1.29 is 18.0 Å². The van der Waals surface area contributed by atoms with Crippen LogP contribution in [0, 0.1) is 13.8 Å². The smallest absolute Gasteiger partial charge is 0.326 e. The molecule has 164 valence electrons. The summed E-state index contributed by atoms with van der Waals surface area (Å²) in [4.78, 5) is 18.6. The fourth-order valence-electron chi connectivity index (χ4n) is 2.06. The second-order valence-corrected chi connectivity index (χ2v) is 6.68. The van der Waals surface area contributed by atoms with E-state index in [0.717, 1.165) is 34.8 Å². The SMILES string of the molecule is C=Cc1cnc(C)nc1.CC(=O)Nc1ccc(Cl)c(C)c1.FC(F)(F)c1ccccc1. The Morgan fingerprint density at radius 2 is 1.65 bits per heavy atom. The molecular weight excluding hydrogens is 427 g/mol. The minimum absolute atomic E-state index is 0.0725. The molecule has 31 heavy (non-hydrogen) atoms. The van der Waals surface area contributed by atoms with Gasteiger partial charge in [0.25, 0.3) is 0 Å². The second-order valence-electron chi connectivity index (χ2n) is 6.28. The lowest BCUT2D eigenvalue weighted by Crippen LogP contribution is -2.05. The predicted molar refractivity (Wildman–Crippen MR) is 119 cm³/mol. The van der Waals surface area contributed by atoms with Gasteiger partial charge in [0.15, 0.2) is 0 Å². The molecule has 0 spiro atoms. The van der Waals surface area contributed by atoms with Crippen LogP contribution >= 0.6 is 11.6 Å². The first-order valence-electron chi connectivity index (χ1n) is 9.10. The van der Waals surface area contributed by atoms with Crippen molar-refractivity contribution in [2.45, 2.75) is 26.9 Å². The number of carbonyl (C=O) groups is 1. The summed E-state index contributed by atoms with van der Waals surface area (Å²) >= 11 is 5.80. The molecule has 0 atom stereocenters. The fraction of sp³-hybridized carbons (Fsp3) is 0.174. The predicted octanol–water partition coefficient (Wildman–Crippen LogP) is 6.74. The van der Waals surface area contributed by atoms with E-state index in [9.17, 15) is 18.0 Å². The Bertz CT molecular complexity index is 976. The number of amides is 1. The first kappa shape index (κ1) is 25.8. The molecule has 0 fully saturated rings. The highest BCUT2D eigenvalue weighted by molar-refractivity contribution is 6.31. The summed E-state index contributed by atoms with van der Waals surface area (Å²) in [7, 11) is 0. The van der Waals surface area contributed by atoms with Crippen molar-refractivity contribution in [2.24, 2.45) is 0 Å². The van der Waals surface area contributed by atoms with Crippen LogP contribution < -0.4 is 5.32 Å². The molecule has 0 aliphatic carbocycles. The lowest BCUT2D eigenvalue weighted by Gasteiger charge is -2.03. The van der Waals surface area contributed by atoms with Gasteiger partial charge in [-0.1, -0.05) is 54.6 Å². The number of nitrogens with one attached hydrogen (secondary N) is 1. The van der Waals surface area contributed by atoms with Crippen LogP contribution in [-0.4, -0.2) is 15.9 Å². The summed E-state index contributed by atoms with van der Waals surface area (Å²) in [6.07, 6.45) is 1.01. The average Bonchev–Trinajstić information content (AvgIpc) is 2.72. The quantitative estimate of drug-likeness (QED) is 0.471. The van der Waals surface area contributed by atoms with E-state index in [1.807, 2.05) is 19.9 Å². The molecule has 0 aliphatic rings. The molecule has 0 saturated heterocycles. The summed E-state index contributed by atoms with van der Waals surface area (Å²) in [5.74, 6) is 0.720. The van der Waals surface area contributed by atoms with Gasteiger partial charge in [0.2, 0.25) is 5.91 Å². The zero-order chi connectivity index (χ0) is 23.4. The van der Waals surface area contributed by atoms with E-state index in [1.165, 1.54) is 19.1 Å². The van der Waals surface area contributed by atoms with Gasteiger partial charge >= 0.3 is 6.18 Å². The van der Waals surface area contributed by atoms with Gasteiger partial charge in [0.05, 0.1) is 5.56 Å². The van der Waals surface area contributed by atoms with Crippen molar-refractivity contribution in [3.8, 4) is 0 Å². The number of aromatic nitrogens is 2. The van der Waals surface area contributed by atoms with Crippen LogP contribution in [0.5, 0.6) is 0 Å². The van der Waals surface area contributed by atoms with Crippen molar-refractivity contribution in [1.82, 2.24) is 9.97 Å². The van der Waals surface area contributed by atoms with E-state index in [-0.39, 0.29) is 5.91 Å². The number of benzene rings is 2. The van der Waals surface area contributed by atoms with Crippen molar-refractivity contribution in [3.05, 3.63) is 95.0 Å². The highest BCUT2D eigenvalue weighted by atomic mass is 35.5. The number of hydrogen-bond donors (Lipinski definition) is 1. The van der Waals surface area contributed by atoms with Crippen molar-refractivity contribution in [3.63, 3.8) is 0 Å². The molecule has 0 saturated carbocycles. The normalized spacial score (nSPS) is 10.0. The van der Waals surface area contributed by atoms with Crippen LogP contribution in [0.25, 0.3) is 6.08 Å². The van der Waals surface area contributed by atoms with Gasteiger partial charge in [-0.05, 0) is 37.6 Å². The van der Waals surface area contributed by atoms with E-state index in [4.69, 9.17) is 11.6 Å². The monoisotopic (exact) mass is 449 g/mol. The number of nitrogens with zero attached hydrogens (tertiary/aromatic N) is 2. The Morgan fingerprint density at radius 1 is 1.06 bits per heavy atom. The molecular formula is C23H23ClF3N3O. The summed E-state index contributed by atoms with van der Waals surface area (Å²) in [5, 5.41) is 3.39. The maximum Gasteiger partial charge on any atom is 0.416 e. The zero-order valence-corrected chi connectivity index (χ0v) is 18.1. The molecule has 1 amide bonds. The molecule has 1 aromatic heterocycles. The van der Waals surface area contributed by atoms with Crippen LogP contribution in [0.15, 0.2) is 67.5 Å². The third-order valence-corrected chi connectivity index (χ3v) is 4.04. The number of anilines is 1. The number of halogens is 4. The lowest BCUT2D eigenvalue weighted by molar-refractivity contribution is -0.137. The highest BCUT2D eigenvalue weighted by Gasteiger charge is 2.29. The first-order valence-corrected chi connectivity index (χ1v) is 9.47. The Kier molecular flexibility index (Phi) is 10.4. The number of alkyl halides is 3. The summed E-state index contributed by atoms with van der Waals surface area (Å²) in [5.41, 5.74) is 2.10. The maximum atomic E-state index is 11.8. The molecule has 0 aliphatic heterocycles.